The zero-order chi connectivity index (χ0) is 11.7. The molecule has 5 heteroatoms. The van der Waals surface area contributed by atoms with E-state index in [1.807, 2.05) is 11.4 Å². The second-order valence-electron chi connectivity index (χ2n) is 5.12. The Morgan fingerprint density at radius 1 is 1.44 bits per heavy atom. The van der Waals surface area contributed by atoms with Crippen LogP contribution in [0.1, 0.15) is 12.0 Å². The summed E-state index contributed by atoms with van der Waals surface area (Å²) in [6, 6.07) is 2.05. The van der Waals surface area contributed by atoms with Crippen molar-refractivity contribution < 1.29 is 4.79 Å². The molecular weight excluding hydrogens is 268 g/mol. The minimum atomic E-state index is 0. The first kappa shape index (κ1) is 13.8. The zero-order valence-electron chi connectivity index (χ0n) is 10.3. The largest absolute Gasteiger partial charge is 0.342 e. The summed E-state index contributed by atoms with van der Waals surface area (Å²) in [5.74, 6) is 1.80. The van der Waals surface area contributed by atoms with E-state index < -0.39 is 0 Å². The molecule has 2 aliphatic rings. The summed E-state index contributed by atoms with van der Waals surface area (Å²) >= 11 is 1.66. The molecule has 0 bridgehead atoms. The van der Waals surface area contributed by atoms with Crippen LogP contribution in [0.2, 0.25) is 0 Å². The van der Waals surface area contributed by atoms with Gasteiger partial charge in [-0.05, 0) is 53.7 Å². The van der Waals surface area contributed by atoms with Crippen LogP contribution in [0.25, 0.3) is 0 Å². The average Bonchev–Trinajstić information content (AvgIpc) is 2.97. The molecule has 0 spiro atoms. The Morgan fingerprint density at radius 2 is 2.28 bits per heavy atom. The molecule has 2 fully saturated rings. The second kappa shape index (κ2) is 6.04. The van der Waals surface area contributed by atoms with Crippen molar-refractivity contribution in [2.75, 3.05) is 26.2 Å². The first-order chi connectivity index (χ1) is 8.33. The number of hydrogen-bond acceptors (Lipinski definition) is 3. The van der Waals surface area contributed by atoms with Crippen LogP contribution in [0.5, 0.6) is 0 Å². The van der Waals surface area contributed by atoms with Crippen molar-refractivity contribution >= 4 is 29.7 Å². The SMILES string of the molecule is Cl.O=C(Cc1ccsc1)N1CCC2CNCC2C1. The van der Waals surface area contributed by atoms with Crippen LogP contribution in [0, 0.1) is 11.8 Å². The molecule has 100 valence electrons. The lowest BCUT2D eigenvalue weighted by molar-refractivity contribution is -0.132. The fraction of sp³-hybridized carbons (Fsp3) is 0.615. The maximum atomic E-state index is 12.2. The molecule has 2 unspecified atom stereocenters. The van der Waals surface area contributed by atoms with Crippen molar-refractivity contribution in [3.05, 3.63) is 22.4 Å². The number of likely N-dealkylation sites (tertiary alicyclic amines) is 1. The molecule has 1 aromatic rings. The summed E-state index contributed by atoms with van der Waals surface area (Å²) in [5, 5.41) is 7.54. The molecule has 2 saturated heterocycles. The number of carbonyl (C=O) groups excluding carboxylic acids is 1. The summed E-state index contributed by atoms with van der Waals surface area (Å²) in [6.45, 7) is 4.15. The van der Waals surface area contributed by atoms with Gasteiger partial charge >= 0.3 is 0 Å². The van der Waals surface area contributed by atoms with Gasteiger partial charge in [0.25, 0.3) is 0 Å². The molecule has 1 amide bonds. The zero-order valence-corrected chi connectivity index (χ0v) is 11.9. The normalized spacial score (nSPS) is 26.6. The number of halogens is 1. The predicted molar refractivity (Wildman–Crippen MR) is 76.3 cm³/mol. The summed E-state index contributed by atoms with van der Waals surface area (Å²) in [4.78, 5) is 14.2. The van der Waals surface area contributed by atoms with Crippen LogP contribution in [0.3, 0.4) is 0 Å². The first-order valence-electron chi connectivity index (χ1n) is 6.32. The summed E-state index contributed by atoms with van der Waals surface area (Å²) in [6.07, 6.45) is 1.75. The van der Waals surface area contributed by atoms with Crippen LogP contribution in [-0.2, 0) is 11.2 Å². The van der Waals surface area contributed by atoms with Crippen LogP contribution in [-0.4, -0.2) is 37.0 Å². The fourth-order valence-electron chi connectivity index (χ4n) is 2.94. The van der Waals surface area contributed by atoms with Crippen LogP contribution in [0.15, 0.2) is 16.8 Å². The molecule has 0 radical (unpaired) electrons. The monoisotopic (exact) mass is 286 g/mol. The van der Waals surface area contributed by atoms with Gasteiger partial charge in [0.05, 0.1) is 6.42 Å². The van der Waals surface area contributed by atoms with Crippen molar-refractivity contribution in [3.8, 4) is 0 Å². The Balaban J connectivity index is 0.00000120. The molecule has 18 heavy (non-hydrogen) atoms. The highest BCUT2D eigenvalue weighted by molar-refractivity contribution is 7.07. The van der Waals surface area contributed by atoms with Gasteiger partial charge in [-0.25, -0.2) is 0 Å². The van der Waals surface area contributed by atoms with Gasteiger partial charge in [0, 0.05) is 13.1 Å². The predicted octanol–water partition coefficient (Wildman–Crippen LogP) is 1.78. The van der Waals surface area contributed by atoms with Crippen molar-refractivity contribution in [2.45, 2.75) is 12.8 Å². The van der Waals surface area contributed by atoms with Gasteiger partial charge in [0.2, 0.25) is 5.91 Å². The van der Waals surface area contributed by atoms with Gasteiger partial charge in [-0.1, -0.05) is 0 Å². The highest BCUT2D eigenvalue weighted by Crippen LogP contribution is 2.26. The van der Waals surface area contributed by atoms with E-state index in [-0.39, 0.29) is 12.4 Å². The van der Waals surface area contributed by atoms with E-state index in [0.717, 1.165) is 37.7 Å². The van der Waals surface area contributed by atoms with Gasteiger partial charge in [-0.3, -0.25) is 4.79 Å². The smallest absolute Gasteiger partial charge is 0.227 e. The third-order valence-corrected chi connectivity index (χ3v) is 4.72. The molecular formula is C13H19ClN2OS. The highest BCUT2D eigenvalue weighted by Gasteiger charge is 2.34. The first-order valence-corrected chi connectivity index (χ1v) is 7.27. The van der Waals surface area contributed by atoms with E-state index in [1.54, 1.807) is 11.3 Å². The Hall–Kier alpha value is -0.580. The van der Waals surface area contributed by atoms with E-state index in [2.05, 4.69) is 15.6 Å². The average molecular weight is 287 g/mol. The lowest BCUT2D eigenvalue weighted by atomic mass is 9.88. The van der Waals surface area contributed by atoms with E-state index in [4.69, 9.17) is 0 Å². The molecule has 0 aliphatic carbocycles. The molecule has 0 saturated carbocycles. The minimum Gasteiger partial charge on any atom is -0.342 e. The van der Waals surface area contributed by atoms with Crippen LogP contribution in [0.4, 0.5) is 0 Å². The van der Waals surface area contributed by atoms with Crippen molar-refractivity contribution in [2.24, 2.45) is 11.8 Å². The molecule has 1 N–H and O–H groups in total. The number of nitrogens with zero attached hydrogens (tertiary/aromatic N) is 1. The second-order valence-corrected chi connectivity index (χ2v) is 5.90. The van der Waals surface area contributed by atoms with E-state index in [1.165, 1.54) is 6.42 Å². The number of nitrogens with one attached hydrogen (secondary N) is 1. The number of amides is 1. The van der Waals surface area contributed by atoms with Gasteiger partial charge in [-0.2, -0.15) is 11.3 Å². The maximum absolute atomic E-state index is 12.2. The standard InChI is InChI=1S/C13H18N2OS.ClH/c16-13(5-10-2-4-17-9-10)15-3-1-11-6-14-7-12(11)8-15;/h2,4,9,11-12,14H,1,3,5-8H2;1H. The Bertz CT molecular complexity index is 396. The number of hydrogen-bond donors (Lipinski definition) is 1. The summed E-state index contributed by atoms with van der Waals surface area (Å²) in [7, 11) is 0. The van der Waals surface area contributed by atoms with E-state index in [9.17, 15) is 4.79 Å². The van der Waals surface area contributed by atoms with Gasteiger partial charge < -0.3 is 10.2 Å². The quantitative estimate of drug-likeness (QED) is 0.899. The van der Waals surface area contributed by atoms with Gasteiger partial charge in [-0.15, -0.1) is 12.4 Å². The van der Waals surface area contributed by atoms with Crippen LogP contribution >= 0.6 is 23.7 Å². The van der Waals surface area contributed by atoms with Gasteiger partial charge in [0.1, 0.15) is 0 Å². The summed E-state index contributed by atoms with van der Waals surface area (Å²) < 4.78 is 0. The van der Waals surface area contributed by atoms with Gasteiger partial charge in [0.15, 0.2) is 0 Å². The molecule has 2 atom stereocenters. The van der Waals surface area contributed by atoms with Crippen molar-refractivity contribution in [1.29, 1.82) is 0 Å². The number of thiophene rings is 1. The van der Waals surface area contributed by atoms with E-state index >= 15 is 0 Å². The molecule has 2 aliphatic heterocycles. The molecule has 1 aromatic heterocycles. The lowest BCUT2D eigenvalue weighted by Crippen LogP contribution is -2.44. The Kier molecular flexibility index (Phi) is 4.65. The van der Waals surface area contributed by atoms with Crippen molar-refractivity contribution in [3.63, 3.8) is 0 Å². The van der Waals surface area contributed by atoms with Crippen LogP contribution < -0.4 is 5.32 Å². The third-order valence-electron chi connectivity index (χ3n) is 3.99. The third kappa shape index (κ3) is 2.87. The molecule has 3 nitrogen and oxygen atoms in total. The molecule has 0 aromatic carbocycles. The Labute approximate surface area is 118 Å². The maximum Gasteiger partial charge on any atom is 0.227 e. The highest BCUT2D eigenvalue weighted by atomic mass is 35.5. The minimum absolute atomic E-state index is 0. The summed E-state index contributed by atoms with van der Waals surface area (Å²) in [5.41, 5.74) is 1.16. The molecule has 3 rings (SSSR count). The number of fused-ring (bicyclic) bond motifs is 1. The Morgan fingerprint density at radius 3 is 3.06 bits per heavy atom. The lowest BCUT2D eigenvalue weighted by Gasteiger charge is -2.34. The topological polar surface area (TPSA) is 32.3 Å². The van der Waals surface area contributed by atoms with Crippen molar-refractivity contribution in [1.82, 2.24) is 10.2 Å². The number of rotatable bonds is 2. The fourth-order valence-corrected chi connectivity index (χ4v) is 3.61. The van der Waals surface area contributed by atoms with E-state index in [0.29, 0.717) is 18.2 Å². The molecule has 3 heterocycles. The number of piperidine rings is 1. The number of carbonyl (C=O) groups is 1.